The first-order valence-electron chi connectivity index (χ1n) is 12.9. The molecule has 1 aliphatic heterocycles. The van der Waals surface area contributed by atoms with Crippen molar-refractivity contribution >= 4 is 13.7 Å². The number of aromatic nitrogens is 2. The van der Waals surface area contributed by atoms with Crippen molar-refractivity contribution in [3.8, 4) is 18.1 Å². The van der Waals surface area contributed by atoms with Crippen LogP contribution in [0, 0.1) is 12.3 Å². The number of hydrogen-bond acceptors (Lipinski definition) is 10. The minimum atomic E-state index is -4.33. The Morgan fingerprint density at radius 3 is 2.62 bits per heavy atom. The molecule has 13 nitrogen and oxygen atoms in total. The lowest BCUT2D eigenvalue weighted by Crippen LogP contribution is -2.48. The Hall–Kier alpha value is -3.24. The summed E-state index contributed by atoms with van der Waals surface area (Å²) in [6.45, 7) is 0.813. The molecule has 2 aliphatic rings. The number of aromatic amines is 1. The third kappa shape index (κ3) is 6.72. The van der Waals surface area contributed by atoms with Crippen LogP contribution < -0.4 is 20.9 Å². The lowest BCUT2D eigenvalue weighted by molar-refractivity contribution is -0.152. The van der Waals surface area contributed by atoms with Crippen LogP contribution >= 0.6 is 7.75 Å². The predicted molar refractivity (Wildman–Crippen MR) is 141 cm³/mol. The Morgan fingerprint density at radius 1 is 1.27 bits per heavy atom. The molecule has 0 amide bonds. The van der Waals surface area contributed by atoms with E-state index in [2.05, 4.69) is 5.09 Å². The fourth-order valence-electron chi connectivity index (χ4n) is 4.57. The molecule has 6 atom stereocenters. The van der Waals surface area contributed by atoms with Gasteiger partial charge in [-0.05, 0) is 44.7 Å². The second kappa shape index (κ2) is 12.5. The van der Waals surface area contributed by atoms with Gasteiger partial charge in [-0.1, -0.05) is 30.5 Å². The van der Waals surface area contributed by atoms with Crippen LogP contribution in [0.5, 0.6) is 5.75 Å². The van der Waals surface area contributed by atoms with Gasteiger partial charge >= 0.3 is 19.4 Å². The number of aliphatic hydroxyl groups excluding tert-OH is 1. The fourth-order valence-corrected chi connectivity index (χ4v) is 6.07. The van der Waals surface area contributed by atoms with Gasteiger partial charge in [-0.25, -0.2) is 9.36 Å². The van der Waals surface area contributed by atoms with Crippen molar-refractivity contribution in [3.63, 3.8) is 0 Å². The molecule has 2 unspecified atom stereocenters. The summed E-state index contributed by atoms with van der Waals surface area (Å²) in [5, 5.41) is 24.4. The lowest BCUT2D eigenvalue weighted by Gasteiger charge is -2.27. The molecule has 0 spiro atoms. The molecule has 1 aromatic carbocycles. The molecular formula is C26H32N3O10P. The van der Waals surface area contributed by atoms with Crippen molar-refractivity contribution in [3.05, 3.63) is 63.4 Å². The van der Waals surface area contributed by atoms with Gasteiger partial charge in [0.25, 0.3) is 5.56 Å². The third-order valence-corrected chi connectivity index (χ3v) is 8.38. The molecule has 1 saturated heterocycles. The molecule has 0 bridgehead atoms. The Balaban J connectivity index is 1.51. The highest BCUT2D eigenvalue weighted by atomic mass is 31.2. The Bertz CT molecular complexity index is 1380. The molecule has 4 rings (SSSR count). The zero-order valence-electron chi connectivity index (χ0n) is 21.8. The zero-order valence-corrected chi connectivity index (χ0v) is 22.7. The highest BCUT2D eigenvalue weighted by molar-refractivity contribution is 7.52. The number of nitrogens with zero attached hydrogens (tertiary/aromatic N) is 1. The van der Waals surface area contributed by atoms with Crippen LogP contribution in [0.3, 0.4) is 0 Å². The molecular weight excluding hydrogens is 545 g/mol. The quantitative estimate of drug-likeness (QED) is 0.181. The van der Waals surface area contributed by atoms with E-state index in [0.29, 0.717) is 0 Å². The van der Waals surface area contributed by atoms with Crippen LogP contribution in [0.4, 0.5) is 0 Å². The SMILES string of the molecule is C#C[C@]1(O)C(n2ccc(=O)[nH]c2=O)O[C@H](COP(=O)(N[C@@H](C)C(=O)OC2CCCCC2)Oc2ccccc2)[C@H]1O. The van der Waals surface area contributed by atoms with E-state index in [4.69, 9.17) is 24.9 Å². The largest absolute Gasteiger partial charge is 0.461 e. The van der Waals surface area contributed by atoms with E-state index in [1.54, 1.807) is 18.2 Å². The second-order valence-electron chi connectivity index (χ2n) is 9.70. The van der Waals surface area contributed by atoms with Crippen molar-refractivity contribution in [1.82, 2.24) is 14.6 Å². The van der Waals surface area contributed by atoms with Crippen molar-refractivity contribution in [1.29, 1.82) is 0 Å². The lowest BCUT2D eigenvalue weighted by atomic mass is 9.95. The monoisotopic (exact) mass is 577 g/mol. The molecule has 1 saturated carbocycles. The maximum atomic E-state index is 13.8. The van der Waals surface area contributed by atoms with E-state index >= 15 is 0 Å². The summed E-state index contributed by atoms with van der Waals surface area (Å²) in [4.78, 5) is 38.5. The van der Waals surface area contributed by atoms with Gasteiger partial charge in [0.1, 0.15) is 30.1 Å². The molecule has 216 valence electrons. The number of rotatable bonds is 10. The molecule has 1 aliphatic carbocycles. The summed E-state index contributed by atoms with van der Waals surface area (Å²) in [5.74, 6) is 1.56. The van der Waals surface area contributed by atoms with Crippen molar-refractivity contribution in [2.45, 2.75) is 75.2 Å². The molecule has 2 fully saturated rings. The maximum absolute atomic E-state index is 13.8. The number of ether oxygens (including phenoxy) is 2. The van der Waals surface area contributed by atoms with E-state index in [1.807, 2.05) is 10.9 Å². The Labute approximate surface area is 230 Å². The number of para-hydroxylation sites is 1. The number of esters is 1. The number of aliphatic hydroxyl groups is 2. The minimum Gasteiger partial charge on any atom is -0.461 e. The molecule has 1 aromatic heterocycles. The molecule has 2 aromatic rings. The highest BCUT2D eigenvalue weighted by Gasteiger charge is 2.56. The van der Waals surface area contributed by atoms with Crippen LogP contribution in [0.2, 0.25) is 0 Å². The van der Waals surface area contributed by atoms with E-state index in [-0.39, 0.29) is 11.9 Å². The number of benzene rings is 1. The molecule has 2 heterocycles. The van der Waals surface area contributed by atoms with Gasteiger partial charge in [-0.3, -0.25) is 23.7 Å². The second-order valence-corrected chi connectivity index (χ2v) is 11.4. The fraction of sp³-hybridized carbons (Fsp3) is 0.500. The van der Waals surface area contributed by atoms with Gasteiger partial charge in [0.15, 0.2) is 11.8 Å². The Kier molecular flexibility index (Phi) is 9.30. The van der Waals surface area contributed by atoms with Crippen LogP contribution in [0.25, 0.3) is 0 Å². The van der Waals surface area contributed by atoms with Crippen molar-refractivity contribution in [2.75, 3.05) is 6.61 Å². The number of hydrogen-bond donors (Lipinski definition) is 4. The summed E-state index contributed by atoms with van der Waals surface area (Å²) in [6, 6.07) is 7.98. The zero-order chi connectivity index (χ0) is 28.9. The van der Waals surface area contributed by atoms with Crippen LogP contribution in [-0.4, -0.2) is 62.3 Å². The summed E-state index contributed by atoms with van der Waals surface area (Å²) in [6.07, 6.45) is 5.98. The van der Waals surface area contributed by atoms with Crippen LogP contribution in [-0.2, 0) is 23.4 Å². The van der Waals surface area contributed by atoms with Crippen LogP contribution in [0.15, 0.2) is 52.2 Å². The number of carbonyl (C=O) groups is 1. The van der Waals surface area contributed by atoms with Gasteiger partial charge in [0, 0.05) is 12.3 Å². The van der Waals surface area contributed by atoms with E-state index in [0.717, 1.165) is 48.9 Å². The van der Waals surface area contributed by atoms with Gasteiger partial charge in [0.05, 0.1) is 6.61 Å². The normalized spacial score (nSPS) is 27.3. The molecule has 40 heavy (non-hydrogen) atoms. The average Bonchev–Trinajstić information content (AvgIpc) is 3.18. The van der Waals surface area contributed by atoms with Crippen molar-refractivity contribution < 1.29 is 38.1 Å². The summed E-state index contributed by atoms with van der Waals surface area (Å²) in [7, 11) is -4.33. The topological polar surface area (TPSA) is 178 Å². The summed E-state index contributed by atoms with van der Waals surface area (Å²) >= 11 is 0. The molecule has 4 N–H and O–H groups in total. The standard InChI is InChI=1S/C26H32N3O10P/c1-3-26(34)22(31)20(38-24(26)29-15-14-21(30)27-25(29)33)16-36-40(35,39-19-12-8-5-9-13-19)28-17(2)23(32)37-18-10-6-4-7-11-18/h1,5,8-9,12-15,17-18,20,22,24,31,34H,4,6-7,10-11,16H2,2H3,(H,28,35)(H,27,30,33)/t17-,20+,22+,24?,26+,40?/m0/s1. The number of carbonyl (C=O) groups excluding carboxylic acids is 1. The Morgan fingerprint density at radius 2 is 1.98 bits per heavy atom. The van der Waals surface area contributed by atoms with Gasteiger partial charge in [0.2, 0.25) is 0 Å². The first-order chi connectivity index (χ1) is 19.0. The van der Waals surface area contributed by atoms with E-state index in [9.17, 15) is 29.2 Å². The number of nitrogens with one attached hydrogen (secondary N) is 2. The first kappa shape index (κ1) is 29.7. The van der Waals surface area contributed by atoms with E-state index < -0.39 is 61.7 Å². The summed E-state index contributed by atoms with van der Waals surface area (Å²) in [5.41, 5.74) is -4.04. The predicted octanol–water partition coefficient (Wildman–Crippen LogP) is 1.22. The number of H-pyrrole nitrogens is 1. The molecule has 0 radical (unpaired) electrons. The van der Waals surface area contributed by atoms with Gasteiger partial charge in [-0.15, -0.1) is 6.42 Å². The van der Waals surface area contributed by atoms with Gasteiger partial charge < -0.3 is 24.2 Å². The molecule has 14 heteroatoms. The average molecular weight is 578 g/mol. The minimum absolute atomic E-state index is 0.164. The van der Waals surface area contributed by atoms with E-state index in [1.165, 1.54) is 19.1 Å². The summed E-state index contributed by atoms with van der Waals surface area (Å²) < 4.78 is 37.0. The van der Waals surface area contributed by atoms with Crippen LogP contribution in [0.1, 0.15) is 45.3 Å². The highest BCUT2D eigenvalue weighted by Crippen LogP contribution is 2.47. The third-order valence-electron chi connectivity index (χ3n) is 6.74. The van der Waals surface area contributed by atoms with Crippen molar-refractivity contribution in [2.24, 2.45) is 0 Å². The van der Waals surface area contributed by atoms with Gasteiger partial charge in [-0.2, -0.15) is 5.09 Å². The number of terminal acetylenes is 1. The maximum Gasteiger partial charge on any atom is 0.459 e. The smallest absolute Gasteiger partial charge is 0.459 e. The first-order valence-corrected chi connectivity index (χ1v) is 14.4.